The van der Waals surface area contributed by atoms with Crippen molar-refractivity contribution >= 4 is 34.8 Å². The van der Waals surface area contributed by atoms with E-state index < -0.39 is 0 Å². The Morgan fingerprint density at radius 3 is 2.28 bits per heavy atom. The highest BCUT2D eigenvalue weighted by molar-refractivity contribution is 6.35. The molecule has 0 aliphatic carbocycles. The van der Waals surface area contributed by atoms with Gasteiger partial charge in [-0.1, -0.05) is 54.4 Å². The molecular formula is C15H13Cl3. The van der Waals surface area contributed by atoms with Crippen molar-refractivity contribution < 1.29 is 0 Å². The van der Waals surface area contributed by atoms with Crippen molar-refractivity contribution in [1.82, 2.24) is 0 Å². The zero-order chi connectivity index (χ0) is 13.1. The molecule has 0 aliphatic heterocycles. The lowest BCUT2D eigenvalue weighted by Crippen LogP contribution is -1.95. The van der Waals surface area contributed by atoms with Crippen molar-refractivity contribution in [2.45, 2.75) is 18.7 Å². The number of rotatable bonds is 3. The highest BCUT2D eigenvalue weighted by Gasteiger charge is 2.14. The Labute approximate surface area is 122 Å². The SMILES string of the molecule is CCc1ccc(C(Cl)c2cc(Cl)ccc2Cl)cc1. The van der Waals surface area contributed by atoms with Gasteiger partial charge in [-0.15, -0.1) is 11.6 Å². The molecule has 0 fully saturated rings. The summed E-state index contributed by atoms with van der Waals surface area (Å²) in [6.07, 6.45) is 1.02. The second-order valence-corrected chi connectivity index (χ2v) is 5.40. The van der Waals surface area contributed by atoms with Gasteiger partial charge in [-0.25, -0.2) is 0 Å². The van der Waals surface area contributed by atoms with Crippen LogP contribution in [-0.4, -0.2) is 0 Å². The largest absolute Gasteiger partial charge is 0.113 e. The summed E-state index contributed by atoms with van der Waals surface area (Å²) in [6, 6.07) is 13.6. The maximum absolute atomic E-state index is 6.46. The van der Waals surface area contributed by atoms with Gasteiger partial charge in [0.05, 0.1) is 5.38 Å². The van der Waals surface area contributed by atoms with E-state index in [0.717, 1.165) is 17.5 Å². The van der Waals surface area contributed by atoms with Crippen LogP contribution in [0.1, 0.15) is 29.0 Å². The van der Waals surface area contributed by atoms with Crippen molar-refractivity contribution in [3.63, 3.8) is 0 Å². The predicted octanol–water partition coefficient (Wildman–Crippen LogP) is 5.88. The Morgan fingerprint density at radius 2 is 1.67 bits per heavy atom. The van der Waals surface area contributed by atoms with Crippen molar-refractivity contribution in [3.8, 4) is 0 Å². The number of halogens is 3. The first kappa shape index (κ1) is 13.7. The first-order chi connectivity index (χ1) is 8.61. The molecule has 0 nitrogen and oxygen atoms in total. The summed E-state index contributed by atoms with van der Waals surface area (Å²) >= 11 is 18.6. The first-order valence-electron chi connectivity index (χ1n) is 5.79. The lowest BCUT2D eigenvalue weighted by atomic mass is 10.0. The smallest absolute Gasteiger partial charge is 0.0850 e. The van der Waals surface area contributed by atoms with Crippen molar-refractivity contribution in [1.29, 1.82) is 0 Å². The summed E-state index contributed by atoms with van der Waals surface area (Å²) in [4.78, 5) is 0. The van der Waals surface area contributed by atoms with Crippen LogP contribution in [0.4, 0.5) is 0 Å². The topological polar surface area (TPSA) is 0 Å². The molecule has 2 rings (SSSR count). The molecule has 0 spiro atoms. The summed E-state index contributed by atoms with van der Waals surface area (Å²) in [5.74, 6) is 0. The minimum atomic E-state index is -0.276. The summed E-state index contributed by atoms with van der Waals surface area (Å²) in [5.41, 5.74) is 3.16. The molecule has 0 saturated carbocycles. The van der Waals surface area contributed by atoms with Gasteiger partial charge >= 0.3 is 0 Å². The monoisotopic (exact) mass is 298 g/mol. The van der Waals surface area contributed by atoms with Gasteiger partial charge in [0.1, 0.15) is 0 Å². The average Bonchev–Trinajstić information content (AvgIpc) is 2.41. The fraction of sp³-hybridized carbons (Fsp3) is 0.200. The molecule has 0 saturated heterocycles. The number of benzene rings is 2. The van der Waals surface area contributed by atoms with E-state index in [4.69, 9.17) is 34.8 Å². The van der Waals surface area contributed by atoms with Gasteiger partial charge in [-0.05, 0) is 41.3 Å². The minimum Gasteiger partial charge on any atom is -0.113 e. The van der Waals surface area contributed by atoms with Gasteiger partial charge in [0.25, 0.3) is 0 Å². The Morgan fingerprint density at radius 1 is 1.00 bits per heavy atom. The van der Waals surface area contributed by atoms with Crippen LogP contribution >= 0.6 is 34.8 Å². The molecule has 0 radical (unpaired) electrons. The third-order valence-electron chi connectivity index (χ3n) is 2.91. The molecule has 0 aromatic heterocycles. The van der Waals surface area contributed by atoms with Crippen LogP contribution in [0.5, 0.6) is 0 Å². The normalized spacial score (nSPS) is 12.4. The zero-order valence-electron chi connectivity index (χ0n) is 9.96. The summed E-state index contributed by atoms with van der Waals surface area (Å²) in [5, 5.41) is 1.01. The lowest BCUT2D eigenvalue weighted by Gasteiger charge is -2.13. The third kappa shape index (κ3) is 3.00. The highest BCUT2D eigenvalue weighted by atomic mass is 35.5. The molecule has 0 amide bonds. The molecule has 18 heavy (non-hydrogen) atoms. The van der Waals surface area contributed by atoms with E-state index in [1.54, 1.807) is 12.1 Å². The van der Waals surface area contributed by atoms with Crippen molar-refractivity contribution in [2.75, 3.05) is 0 Å². The predicted molar refractivity (Wildman–Crippen MR) is 80.0 cm³/mol. The van der Waals surface area contributed by atoms with E-state index in [1.807, 2.05) is 18.2 Å². The van der Waals surface area contributed by atoms with Crippen LogP contribution in [-0.2, 0) is 6.42 Å². The number of alkyl halides is 1. The quantitative estimate of drug-likeness (QED) is 0.620. The molecule has 0 bridgehead atoms. The lowest BCUT2D eigenvalue weighted by molar-refractivity contribution is 1.10. The van der Waals surface area contributed by atoms with E-state index >= 15 is 0 Å². The van der Waals surface area contributed by atoms with E-state index in [0.29, 0.717) is 10.0 Å². The Hall–Kier alpha value is -0.690. The Balaban J connectivity index is 2.34. The van der Waals surface area contributed by atoms with Crippen LogP contribution in [0.2, 0.25) is 10.0 Å². The molecule has 0 aliphatic rings. The van der Waals surface area contributed by atoms with E-state index in [9.17, 15) is 0 Å². The number of hydrogen-bond acceptors (Lipinski definition) is 0. The Kier molecular flexibility index (Phi) is 4.55. The van der Waals surface area contributed by atoms with Crippen molar-refractivity contribution in [3.05, 3.63) is 69.2 Å². The molecule has 0 heterocycles. The molecule has 1 atom stereocenters. The zero-order valence-corrected chi connectivity index (χ0v) is 12.2. The maximum Gasteiger partial charge on any atom is 0.0850 e. The summed E-state index contributed by atoms with van der Waals surface area (Å²) in [6.45, 7) is 2.13. The van der Waals surface area contributed by atoms with Crippen molar-refractivity contribution in [2.24, 2.45) is 0 Å². The molecule has 3 heteroatoms. The van der Waals surface area contributed by atoms with Gasteiger partial charge in [-0.3, -0.25) is 0 Å². The van der Waals surface area contributed by atoms with Crippen LogP contribution in [0.25, 0.3) is 0 Å². The van der Waals surface area contributed by atoms with Gasteiger partial charge in [0.2, 0.25) is 0 Å². The molecule has 2 aromatic carbocycles. The van der Waals surface area contributed by atoms with E-state index in [2.05, 4.69) is 19.1 Å². The average molecular weight is 300 g/mol. The van der Waals surface area contributed by atoms with Gasteiger partial charge in [0, 0.05) is 10.0 Å². The van der Waals surface area contributed by atoms with E-state index in [1.165, 1.54) is 5.56 Å². The van der Waals surface area contributed by atoms with Crippen LogP contribution < -0.4 is 0 Å². The second-order valence-electron chi connectivity index (χ2n) is 4.12. The molecular weight excluding hydrogens is 287 g/mol. The molecule has 2 aromatic rings. The second kappa shape index (κ2) is 5.97. The van der Waals surface area contributed by atoms with Crippen LogP contribution in [0, 0.1) is 0 Å². The van der Waals surface area contributed by atoms with E-state index in [-0.39, 0.29) is 5.38 Å². The Bertz CT molecular complexity index is 532. The summed E-state index contributed by atoms with van der Waals surface area (Å²) in [7, 11) is 0. The van der Waals surface area contributed by atoms with Gasteiger partial charge < -0.3 is 0 Å². The first-order valence-corrected chi connectivity index (χ1v) is 6.99. The molecule has 0 N–H and O–H groups in total. The van der Waals surface area contributed by atoms with Crippen LogP contribution in [0.3, 0.4) is 0 Å². The van der Waals surface area contributed by atoms with Crippen LogP contribution in [0.15, 0.2) is 42.5 Å². The van der Waals surface area contributed by atoms with Gasteiger partial charge in [-0.2, -0.15) is 0 Å². The number of aryl methyl sites for hydroxylation is 1. The number of hydrogen-bond donors (Lipinski definition) is 0. The molecule has 1 unspecified atom stereocenters. The minimum absolute atomic E-state index is 0.276. The highest BCUT2D eigenvalue weighted by Crippen LogP contribution is 2.35. The fourth-order valence-electron chi connectivity index (χ4n) is 1.81. The van der Waals surface area contributed by atoms with Gasteiger partial charge in [0.15, 0.2) is 0 Å². The summed E-state index contributed by atoms with van der Waals surface area (Å²) < 4.78 is 0. The third-order valence-corrected chi connectivity index (χ3v) is 3.98. The standard InChI is InChI=1S/C15H13Cl3/c1-2-10-3-5-11(6-4-10)15(18)13-9-12(16)7-8-14(13)17/h3-9,15H,2H2,1H3. The molecule has 94 valence electrons. The fourth-order valence-corrected chi connectivity index (χ4v) is 2.60. The maximum atomic E-state index is 6.46.